The van der Waals surface area contributed by atoms with Crippen LogP contribution in [0.15, 0.2) is 28.9 Å². The summed E-state index contributed by atoms with van der Waals surface area (Å²) in [5.74, 6) is 0.219. The summed E-state index contributed by atoms with van der Waals surface area (Å²) in [6.45, 7) is 5.39. The van der Waals surface area contributed by atoms with E-state index in [2.05, 4.69) is 35.4 Å². The number of amides is 1. The molecule has 4 rings (SSSR count). The molecule has 0 aliphatic carbocycles. The number of carboxylic acid groups (broad SMARTS) is 1. The van der Waals surface area contributed by atoms with Crippen molar-refractivity contribution >= 4 is 62.1 Å². The van der Waals surface area contributed by atoms with Gasteiger partial charge in [-0.25, -0.2) is 23.9 Å². The van der Waals surface area contributed by atoms with Crippen LogP contribution in [0.5, 0.6) is 0 Å². The van der Waals surface area contributed by atoms with Crippen LogP contribution in [0.3, 0.4) is 0 Å². The predicted octanol–water partition coefficient (Wildman–Crippen LogP) is 2.45. The number of nitrogens with two attached hydrogens (primary N) is 1. The van der Waals surface area contributed by atoms with E-state index < -0.39 is 5.97 Å². The fourth-order valence-electron chi connectivity index (χ4n) is 3.83. The summed E-state index contributed by atoms with van der Waals surface area (Å²) in [5, 5.41) is 9.39. The van der Waals surface area contributed by atoms with Crippen LogP contribution < -0.4 is 15.2 Å². The van der Waals surface area contributed by atoms with Crippen LogP contribution in [0.2, 0.25) is 0 Å². The summed E-state index contributed by atoms with van der Waals surface area (Å²) in [4.78, 5) is 36.8. The topological polar surface area (TPSA) is 134 Å². The SMILES string of the molecule is CCn1c(CN(C=O)c2nc3c(Br)c[nH]c3nc2N)[n+](CC)c2ccc(C(=O)O)cc21. The molecule has 3 heterocycles. The number of hydrogen-bond donors (Lipinski definition) is 3. The molecule has 0 spiro atoms. The molecule has 0 aliphatic heterocycles. The quantitative estimate of drug-likeness (QED) is 0.271. The molecule has 0 unspecified atom stereocenters. The van der Waals surface area contributed by atoms with Gasteiger partial charge in [0, 0.05) is 12.3 Å². The number of nitrogen functional groups attached to an aromatic ring is 1. The van der Waals surface area contributed by atoms with E-state index in [-0.39, 0.29) is 23.7 Å². The Kier molecular flexibility index (Phi) is 5.36. The van der Waals surface area contributed by atoms with Crippen molar-refractivity contribution in [1.82, 2.24) is 19.5 Å². The number of benzene rings is 1. The molecule has 0 bridgehead atoms. The first-order valence-electron chi connectivity index (χ1n) is 9.69. The number of imidazole rings is 1. The number of halogens is 1. The monoisotopic (exact) mass is 486 g/mol. The fourth-order valence-corrected chi connectivity index (χ4v) is 4.22. The molecule has 0 atom stereocenters. The van der Waals surface area contributed by atoms with Gasteiger partial charge in [-0.2, -0.15) is 0 Å². The Morgan fingerprint density at radius 2 is 2.16 bits per heavy atom. The van der Waals surface area contributed by atoms with Crippen LogP contribution in [0.25, 0.3) is 22.2 Å². The molecule has 4 N–H and O–H groups in total. The van der Waals surface area contributed by atoms with Crippen LogP contribution in [0.4, 0.5) is 11.6 Å². The second-order valence-corrected chi connectivity index (χ2v) is 7.77. The van der Waals surface area contributed by atoms with E-state index in [9.17, 15) is 14.7 Å². The highest BCUT2D eigenvalue weighted by molar-refractivity contribution is 9.10. The molecule has 160 valence electrons. The van der Waals surface area contributed by atoms with Gasteiger partial charge in [-0.3, -0.25) is 9.69 Å². The van der Waals surface area contributed by atoms with Gasteiger partial charge in [0.05, 0.1) is 23.1 Å². The molecular formula is C20H21BrN7O3+. The van der Waals surface area contributed by atoms with Crippen molar-refractivity contribution in [2.45, 2.75) is 33.5 Å². The van der Waals surface area contributed by atoms with Crippen molar-refractivity contribution in [2.24, 2.45) is 0 Å². The van der Waals surface area contributed by atoms with Gasteiger partial charge in [0.2, 0.25) is 6.41 Å². The largest absolute Gasteiger partial charge is 0.478 e. The zero-order valence-corrected chi connectivity index (χ0v) is 18.5. The first-order chi connectivity index (χ1) is 14.9. The van der Waals surface area contributed by atoms with Crippen molar-refractivity contribution < 1.29 is 19.3 Å². The lowest BCUT2D eigenvalue weighted by atomic mass is 10.2. The molecule has 0 saturated heterocycles. The van der Waals surface area contributed by atoms with Crippen molar-refractivity contribution in [3.8, 4) is 0 Å². The Hall–Kier alpha value is -3.47. The summed E-state index contributed by atoms with van der Waals surface area (Å²) in [6.07, 6.45) is 2.38. The molecule has 3 aromatic heterocycles. The van der Waals surface area contributed by atoms with Crippen molar-refractivity contribution in [3.63, 3.8) is 0 Å². The summed E-state index contributed by atoms with van der Waals surface area (Å²) < 4.78 is 4.76. The van der Waals surface area contributed by atoms with Crippen LogP contribution >= 0.6 is 15.9 Å². The molecule has 11 heteroatoms. The van der Waals surface area contributed by atoms with Crippen molar-refractivity contribution in [3.05, 3.63) is 40.3 Å². The number of H-pyrrole nitrogens is 1. The third-order valence-electron chi connectivity index (χ3n) is 5.24. The van der Waals surface area contributed by atoms with E-state index in [1.807, 2.05) is 18.4 Å². The lowest BCUT2D eigenvalue weighted by Crippen LogP contribution is -2.40. The number of nitrogens with one attached hydrogen (secondary N) is 1. The van der Waals surface area contributed by atoms with Gasteiger partial charge in [-0.15, -0.1) is 0 Å². The van der Waals surface area contributed by atoms with Crippen LogP contribution in [-0.4, -0.2) is 37.0 Å². The van der Waals surface area contributed by atoms with Crippen LogP contribution in [0, 0.1) is 0 Å². The Morgan fingerprint density at radius 3 is 2.81 bits per heavy atom. The number of carboxylic acids is 1. The second-order valence-electron chi connectivity index (χ2n) is 6.91. The molecular weight excluding hydrogens is 466 g/mol. The number of carbonyl (C=O) groups excluding carboxylic acids is 1. The summed E-state index contributed by atoms with van der Waals surface area (Å²) in [7, 11) is 0. The third-order valence-corrected chi connectivity index (χ3v) is 5.84. The van der Waals surface area contributed by atoms with E-state index in [0.717, 1.165) is 21.3 Å². The predicted molar refractivity (Wildman–Crippen MR) is 119 cm³/mol. The zero-order valence-electron chi connectivity index (χ0n) is 17.0. The molecule has 31 heavy (non-hydrogen) atoms. The highest BCUT2D eigenvalue weighted by atomic mass is 79.9. The number of aromatic amines is 1. The highest BCUT2D eigenvalue weighted by Crippen LogP contribution is 2.27. The Bertz CT molecular complexity index is 1330. The zero-order chi connectivity index (χ0) is 22.3. The molecule has 0 aliphatic rings. The molecule has 0 saturated carbocycles. The molecule has 1 amide bonds. The van der Waals surface area contributed by atoms with E-state index in [0.29, 0.717) is 30.7 Å². The fraction of sp³-hybridized carbons (Fsp3) is 0.250. The Morgan fingerprint density at radius 1 is 1.39 bits per heavy atom. The van der Waals surface area contributed by atoms with E-state index in [4.69, 9.17) is 5.73 Å². The maximum atomic E-state index is 12.1. The Balaban J connectivity index is 1.86. The molecule has 0 radical (unpaired) electrons. The number of anilines is 2. The first kappa shape index (κ1) is 20.8. The minimum atomic E-state index is -0.988. The first-order valence-corrected chi connectivity index (χ1v) is 10.5. The van der Waals surface area contributed by atoms with Gasteiger partial charge in [-0.1, -0.05) is 0 Å². The minimum Gasteiger partial charge on any atom is -0.478 e. The van der Waals surface area contributed by atoms with Gasteiger partial charge < -0.3 is 15.8 Å². The average Bonchev–Trinajstić information content (AvgIpc) is 3.27. The summed E-state index contributed by atoms with van der Waals surface area (Å²) in [6, 6.07) is 5.03. The average molecular weight is 487 g/mol. The van der Waals surface area contributed by atoms with Gasteiger partial charge in [-0.05, 0) is 41.9 Å². The van der Waals surface area contributed by atoms with Gasteiger partial charge in [0.1, 0.15) is 12.1 Å². The lowest BCUT2D eigenvalue weighted by Gasteiger charge is -2.16. The van der Waals surface area contributed by atoms with Gasteiger partial charge >= 0.3 is 5.97 Å². The van der Waals surface area contributed by atoms with E-state index >= 15 is 0 Å². The number of carbonyl (C=O) groups is 2. The van der Waals surface area contributed by atoms with Crippen LogP contribution in [0.1, 0.15) is 30.0 Å². The number of fused-ring (bicyclic) bond motifs is 2. The normalized spacial score (nSPS) is 11.3. The maximum Gasteiger partial charge on any atom is 0.335 e. The standard InChI is InChI=1S/C20H20BrN7O3/c1-3-27-13-6-5-11(20(30)31)7-14(13)28(4-2)15(27)9-26(10-29)19-17(22)25-18-16(24-19)12(21)8-23-18/h5-8,10H,3-4,9H2,1-2H3,(H3-,22,23,24,25,30,31)/p+1. The minimum absolute atomic E-state index is 0.129. The van der Waals surface area contributed by atoms with E-state index in [1.54, 1.807) is 24.4 Å². The number of aromatic carboxylic acids is 1. The molecule has 4 aromatic rings. The summed E-state index contributed by atoms with van der Waals surface area (Å²) >= 11 is 3.41. The van der Waals surface area contributed by atoms with Crippen molar-refractivity contribution in [1.29, 1.82) is 0 Å². The van der Waals surface area contributed by atoms with Crippen LogP contribution in [-0.2, 0) is 24.4 Å². The number of aromatic nitrogens is 5. The smallest absolute Gasteiger partial charge is 0.335 e. The summed E-state index contributed by atoms with van der Waals surface area (Å²) in [5.41, 5.74) is 9.08. The van der Waals surface area contributed by atoms with Gasteiger partial charge in [0.15, 0.2) is 28.3 Å². The number of nitrogens with zero attached hydrogens (tertiary/aromatic N) is 5. The number of aryl methyl sites for hydroxylation is 2. The molecule has 10 nitrogen and oxygen atoms in total. The van der Waals surface area contributed by atoms with Gasteiger partial charge in [0.25, 0.3) is 5.82 Å². The number of rotatable bonds is 7. The molecule has 0 fully saturated rings. The maximum absolute atomic E-state index is 12.1. The number of hydrogen-bond acceptors (Lipinski definition) is 5. The van der Waals surface area contributed by atoms with E-state index in [1.165, 1.54) is 4.90 Å². The lowest BCUT2D eigenvalue weighted by molar-refractivity contribution is -0.676. The second kappa shape index (κ2) is 7.99. The Labute approximate surface area is 185 Å². The third kappa shape index (κ3) is 3.40. The molecule has 1 aromatic carbocycles. The van der Waals surface area contributed by atoms with Crippen molar-refractivity contribution in [2.75, 3.05) is 10.6 Å². The highest BCUT2D eigenvalue weighted by Gasteiger charge is 2.28.